The van der Waals surface area contributed by atoms with E-state index in [1.807, 2.05) is 18.2 Å². The van der Waals surface area contributed by atoms with Crippen molar-refractivity contribution in [3.8, 4) is 5.75 Å². The number of hydrogen-bond acceptors (Lipinski definition) is 4. The second-order valence-electron chi connectivity index (χ2n) is 3.87. The fourth-order valence-electron chi connectivity index (χ4n) is 1.65. The highest BCUT2D eigenvalue weighted by molar-refractivity contribution is 6.38. The molecule has 0 atom stereocenters. The summed E-state index contributed by atoms with van der Waals surface area (Å²) in [6.07, 6.45) is 1.35. The fourth-order valence-corrected chi connectivity index (χ4v) is 2.06. The number of aromatic nitrogens is 2. The van der Waals surface area contributed by atoms with Gasteiger partial charge in [0.15, 0.2) is 10.3 Å². The van der Waals surface area contributed by atoms with Crippen LogP contribution in [0, 0.1) is 0 Å². The van der Waals surface area contributed by atoms with E-state index in [0.717, 1.165) is 5.56 Å². The second-order valence-corrected chi connectivity index (χ2v) is 4.58. The number of hydrogen-bond donors (Lipinski definition) is 1. The van der Waals surface area contributed by atoms with Gasteiger partial charge in [0.05, 0.1) is 13.5 Å². The van der Waals surface area contributed by atoms with Crippen molar-refractivity contribution in [1.29, 1.82) is 0 Å². The highest BCUT2D eigenvalue weighted by atomic mass is 35.5. The SMILES string of the molecule is COc1ccccc1CC(=O)Nc1c(Cl)ncnc1Cl. The maximum atomic E-state index is 12.0. The van der Waals surface area contributed by atoms with Gasteiger partial charge < -0.3 is 10.1 Å². The zero-order chi connectivity index (χ0) is 14.5. The average molecular weight is 312 g/mol. The van der Waals surface area contributed by atoms with E-state index in [1.54, 1.807) is 13.2 Å². The molecule has 0 fully saturated rings. The maximum Gasteiger partial charge on any atom is 0.229 e. The highest BCUT2D eigenvalue weighted by Crippen LogP contribution is 2.26. The minimum atomic E-state index is -0.284. The molecule has 0 aliphatic carbocycles. The van der Waals surface area contributed by atoms with Gasteiger partial charge in [-0.25, -0.2) is 9.97 Å². The molecule has 1 aromatic carbocycles. The predicted molar refractivity (Wildman–Crippen MR) is 77.4 cm³/mol. The van der Waals surface area contributed by atoms with Crippen LogP contribution < -0.4 is 10.1 Å². The molecule has 1 N–H and O–H groups in total. The molecule has 0 bridgehead atoms. The van der Waals surface area contributed by atoms with E-state index in [1.165, 1.54) is 6.33 Å². The maximum absolute atomic E-state index is 12.0. The van der Waals surface area contributed by atoms with Crippen LogP contribution in [0.5, 0.6) is 5.75 Å². The number of para-hydroxylation sites is 1. The molecule has 20 heavy (non-hydrogen) atoms. The van der Waals surface area contributed by atoms with E-state index < -0.39 is 0 Å². The Kier molecular flexibility index (Phi) is 4.76. The van der Waals surface area contributed by atoms with Crippen molar-refractivity contribution in [2.75, 3.05) is 12.4 Å². The number of nitrogens with zero attached hydrogens (tertiary/aromatic N) is 2. The van der Waals surface area contributed by atoms with Crippen molar-refractivity contribution in [1.82, 2.24) is 9.97 Å². The van der Waals surface area contributed by atoms with E-state index in [9.17, 15) is 4.79 Å². The van der Waals surface area contributed by atoms with Gasteiger partial charge in [-0.2, -0.15) is 0 Å². The van der Waals surface area contributed by atoms with Crippen LogP contribution in [0.4, 0.5) is 5.69 Å². The zero-order valence-electron chi connectivity index (χ0n) is 10.6. The molecular weight excluding hydrogens is 301 g/mol. The number of methoxy groups -OCH3 is 1. The molecule has 0 aliphatic rings. The number of halogens is 2. The Balaban J connectivity index is 2.13. The van der Waals surface area contributed by atoms with Crippen molar-refractivity contribution in [3.05, 3.63) is 46.5 Å². The Morgan fingerprint density at radius 3 is 2.55 bits per heavy atom. The Morgan fingerprint density at radius 1 is 1.25 bits per heavy atom. The number of carbonyl (C=O) groups excluding carboxylic acids is 1. The molecule has 1 amide bonds. The molecule has 1 heterocycles. The lowest BCUT2D eigenvalue weighted by atomic mass is 10.1. The van der Waals surface area contributed by atoms with Crippen molar-refractivity contribution in [3.63, 3.8) is 0 Å². The summed E-state index contributed by atoms with van der Waals surface area (Å²) in [7, 11) is 1.55. The molecular formula is C13H11Cl2N3O2. The lowest BCUT2D eigenvalue weighted by molar-refractivity contribution is -0.115. The molecule has 0 spiro atoms. The number of rotatable bonds is 4. The van der Waals surface area contributed by atoms with Crippen LogP contribution in [0.3, 0.4) is 0 Å². The summed E-state index contributed by atoms with van der Waals surface area (Å²) in [6.45, 7) is 0. The van der Waals surface area contributed by atoms with E-state index in [4.69, 9.17) is 27.9 Å². The van der Waals surface area contributed by atoms with Gasteiger partial charge in [-0.15, -0.1) is 0 Å². The molecule has 2 aromatic rings. The van der Waals surface area contributed by atoms with Crippen LogP contribution in [-0.4, -0.2) is 23.0 Å². The topological polar surface area (TPSA) is 64.1 Å². The monoisotopic (exact) mass is 311 g/mol. The molecule has 1 aromatic heterocycles. The largest absolute Gasteiger partial charge is 0.496 e. The Morgan fingerprint density at radius 2 is 1.90 bits per heavy atom. The minimum absolute atomic E-state index is 0.0957. The summed E-state index contributed by atoms with van der Waals surface area (Å²) in [5, 5.41) is 2.79. The van der Waals surface area contributed by atoms with Crippen LogP contribution in [0.2, 0.25) is 10.3 Å². The second kappa shape index (κ2) is 6.54. The molecule has 7 heteroatoms. The van der Waals surface area contributed by atoms with E-state index in [2.05, 4.69) is 15.3 Å². The molecule has 0 saturated heterocycles. The van der Waals surface area contributed by atoms with Crippen LogP contribution >= 0.6 is 23.2 Å². The summed E-state index contributed by atoms with van der Waals surface area (Å²) in [5.74, 6) is 0.359. The first-order valence-corrected chi connectivity index (χ1v) is 6.45. The molecule has 0 saturated carbocycles. The molecule has 2 rings (SSSR count). The minimum Gasteiger partial charge on any atom is -0.496 e. The van der Waals surface area contributed by atoms with Gasteiger partial charge in [0.2, 0.25) is 5.91 Å². The lowest BCUT2D eigenvalue weighted by Gasteiger charge is -2.10. The Labute approximate surface area is 125 Å². The summed E-state index contributed by atoms with van der Waals surface area (Å²) >= 11 is 11.7. The van der Waals surface area contributed by atoms with Gasteiger partial charge >= 0.3 is 0 Å². The Hall–Kier alpha value is -1.85. The van der Waals surface area contributed by atoms with Crippen molar-refractivity contribution < 1.29 is 9.53 Å². The smallest absolute Gasteiger partial charge is 0.229 e. The number of benzene rings is 1. The van der Waals surface area contributed by atoms with Gasteiger partial charge in [-0.3, -0.25) is 4.79 Å². The Bertz CT molecular complexity index is 615. The third-order valence-electron chi connectivity index (χ3n) is 2.56. The molecule has 5 nitrogen and oxygen atoms in total. The van der Waals surface area contributed by atoms with Gasteiger partial charge in [-0.1, -0.05) is 41.4 Å². The van der Waals surface area contributed by atoms with Crippen LogP contribution in [0.15, 0.2) is 30.6 Å². The number of amides is 1. The summed E-state index contributed by atoms with van der Waals surface area (Å²) in [4.78, 5) is 19.5. The number of nitrogens with one attached hydrogen (secondary N) is 1. The molecule has 104 valence electrons. The summed E-state index contributed by atoms with van der Waals surface area (Å²) < 4.78 is 5.19. The van der Waals surface area contributed by atoms with Gasteiger partial charge in [0.1, 0.15) is 17.8 Å². The first kappa shape index (κ1) is 14.6. The molecule has 0 unspecified atom stereocenters. The van der Waals surface area contributed by atoms with Gasteiger partial charge in [0, 0.05) is 5.56 Å². The van der Waals surface area contributed by atoms with Crippen LogP contribution in [0.1, 0.15) is 5.56 Å². The van der Waals surface area contributed by atoms with E-state index in [0.29, 0.717) is 5.75 Å². The van der Waals surface area contributed by atoms with Crippen molar-refractivity contribution >= 4 is 34.8 Å². The number of ether oxygens (including phenoxy) is 1. The van der Waals surface area contributed by atoms with Gasteiger partial charge in [0.25, 0.3) is 0 Å². The van der Waals surface area contributed by atoms with E-state index in [-0.39, 0.29) is 28.3 Å². The fraction of sp³-hybridized carbons (Fsp3) is 0.154. The zero-order valence-corrected chi connectivity index (χ0v) is 12.1. The summed E-state index contributed by atoms with van der Waals surface area (Å²) in [6, 6.07) is 7.26. The third-order valence-corrected chi connectivity index (χ3v) is 3.14. The molecule has 0 radical (unpaired) electrons. The quantitative estimate of drug-likeness (QED) is 0.882. The van der Waals surface area contributed by atoms with E-state index >= 15 is 0 Å². The lowest BCUT2D eigenvalue weighted by Crippen LogP contribution is -2.16. The summed E-state index contributed by atoms with van der Waals surface area (Å²) in [5.41, 5.74) is 0.965. The van der Waals surface area contributed by atoms with Crippen LogP contribution in [0.25, 0.3) is 0 Å². The normalized spacial score (nSPS) is 10.2. The standard InChI is InChI=1S/C13H11Cl2N3O2/c1-20-9-5-3-2-4-8(9)6-10(19)18-11-12(14)16-7-17-13(11)15/h2-5,7H,6H2,1H3,(H,18,19). The number of anilines is 1. The predicted octanol–water partition coefficient (Wildman–Crippen LogP) is 2.97. The average Bonchev–Trinajstić information content (AvgIpc) is 2.44. The highest BCUT2D eigenvalue weighted by Gasteiger charge is 2.13. The first-order valence-electron chi connectivity index (χ1n) is 5.69. The van der Waals surface area contributed by atoms with Crippen molar-refractivity contribution in [2.24, 2.45) is 0 Å². The van der Waals surface area contributed by atoms with Crippen LogP contribution in [-0.2, 0) is 11.2 Å². The van der Waals surface area contributed by atoms with Gasteiger partial charge in [-0.05, 0) is 6.07 Å². The number of carbonyl (C=O) groups is 1. The molecule has 0 aliphatic heterocycles. The first-order chi connectivity index (χ1) is 9.61. The third kappa shape index (κ3) is 3.37. The van der Waals surface area contributed by atoms with Crippen molar-refractivity contribution in [2.45, 2.75) is 6.42 Å².